The molecule has 0 bridgehead atoms. The van der Waals surface area contributed by atoms with Gasteiger partial charge in [0.15, 0.2) is 0 Å². The molecule has 2 rings (SSSR count). The molecule has 1 saturated heterocycles. The average molecular weight is 276 g/mol. The van der Waals surface area contributed by atoms with Crippen LogP contribution in [0.15, 0.2) is 18.5 Å². The molecule has 2 heterocycles. The molecule has 108 valence electrons. The van der Waals surface area contributed by atoms with Crippen molar-refractivity contribution in [2.24, 2.45) is 5.73 Å². The van der Waals surface area contributed by atoms with Crippen LogP contribution in [-0.4, -0.2) is 47.9 Å². The molecule has 20 heavy (non-hydrogen) atoms. The molecule has 0 radical (unpaired) electrons. The van der Waals surface area contributed by atoms with Crippen LogP contribution >= 0.6 is 0 Å². The van der Waals surface area contributed by atoms with Gasteiger partial charge in [-0.15, -0.1) is 0 Å². The fourth-order valence-electron chi connectivity index (χ4n) is 2.48. The van der Waals surface area contributed by atoms with Gasteiger partial charge in [0.25, 0.3) is 5.91 Å². The zero-order chi connectivity index (χ0) is 14.5. The van der Waals surface area contributed by atoms with Crippen molar-refractivity contribution in [3.05, 3.63) is 24.0 Å². The largest absolute Gasteiger partial charge is 0.365 e. The van der Waals surface area contributed by atoms with E-state index >= 15 is 0 Å². The molecule has 2 N–H and O–H groups in total. The first-order valence-electron chi connectivity index (χ1n) is 6.90. The second-order valence-corrected chi connectivity index (χ2v) is 4.91. The number of hydrogen-bond acceptors (Lipinski definition) is 4. The second kappa shape index (κ2) is 6.36. The Morgan fingerprint density at radius 2 is 2.25 bits per heavy atom. The summed E-state index contributed by atoms with van der Waals surface area (Å²) < 4.78 is 0. The molecule has 1 fully saturated rings. The summed E-state index contributed by atoms with van der Waals surface area (Å²) in [6, 6.07) is 1.74. The third-order valence-electron chi connectivity index (χ3n) is 3.43. The van der Waals surface area contributed by atoms with Gasteiger partial charge in [-0.3, -0.25) is 14.6 Å². The fourth-order valence-corrected chi connectivity index (χ4v) is 2.48. The van der Waals surface area contributed by atoms with Gasteiger partial charge in [-0.25, -0.2) is 0 Å². The molecular weight excluding hydrogens is 256 g/mol. The average Bonchev–Trinajstić information content (AvgIpc) is 2.62. The summed E-state index contributed by atoms with van der Waals surface area (Å²) in [7, 11) is 0. The lowest BCUT2D eigenvalue weighted by molar-refractivity contribution is -0.129. The highest BCUT2D eigenvalue weighted by Gasteiger charge is 2.23. The Hall–Kier alpha value is -2.11. The lowest BCUT2D eigenvalue weighted by atomic mass is 10.2. The van der Waals surface area contributed by atoms with Crippen LogP contribution in [0.4, 0.5) is 5.69 Å². The maximum atomic E-state index is 12.2. The number of carbonyl (C=O) groups excluding carboxylic acids is 2. The normalized spacial score (nSPS) is 16.1. The first kappa shape index (κ1) is 14.3. The Labute approximate surface area is 118 Å². The lowest BCUT2D eigenvalue weighted by Crippen LogP contribution is -2.37. The number of aromatic nitrogens is 1. The Morgan fingerprint density at radius 1 is 1.45 bits per heavy atom. The third-order valence-corrected chi connectivity index (χ3v) is 3.43. The summed E-state index contributed by atoms with van der Waals surface area (Å²) in [5.41, 5.74) is 6.43. The highest BCUT2D eigenvalue weighted by molar-refractivity contribution is 5.99. The summed E-state index contributed by atoms with van der Waals surface area (Å²) in [5.74, 6) is -0.424. The van der Waals surface area contributed by atoms with Gasteiger partial charge in [-0.2, -0.15) is 0 Å². The van der Waals surface area contributed by atoms with E-state index in [9.17, 15) is 9.59 Å². The zero-order valence-electron chi connectivity index (χ0n) is 11.7. The molecule has 0 aliphatic carbocycles. The van der Waals surface area contributed by atoms with Crippen molar-refractivity contribution in [2.45, 2.75) is 19.8 Å². The van der Waals surface area contributed by atoms with Gasteiger partial charge in [0.05, 0.1) is 17.8 Å². The van der Waals surface area contributed by atoms with Crippen molar-refractivity contribution in [2.75, 3.05) is 31.1 Å². The number of nitrogens with two attached hydrogens (primary N) is 1. The molecule has 2 amide bonds. The standard InChI is InChI=1S/C14H20N4O2/c1-2-6-17-7-3-8-18(10-13(17)19)12-4-5-16-9-11(12)14(15)20/h4-5,9H,2-3,6-8,10H2,1H3,(H2,15,20). The van der Waals surface area contributed by atoms with E-state index in [2.05, 4.69) is 11.9 Å². The van der Waals surface area contributed by atoms with E-state index < -0.39 is 5.91 Å². The summed E-state index contributed by atoms with van der Waals surface area (Å²) in [5, 5.41) is 0. The first-order valence-corrected chi connectivity index (χ1v) is 6.90. The van der Waals surface area contributed by atoms with Crippen LogP contribution in [0, 0.1) is 0 Å². The van der Waals surface area contributed by atoms with E-state index in [1.807, 2.05) is 9.80 Å². The maximum Gasteiger partial charge on any atom is 0.252 e. The molecular formula is C14H20N4O2. The Kier molecular flexibility index (Phi) is 4.55. The highest BCUT2D eigenvalue weighted by Crippen LogP contribution is 2.21. The third kappa shape index (κ3) is 3.07. The molecule has 1 aromatic rings. The van der Waals surface area contributed by atoms with Gasteiger partial charge in [0.2, 0.25) is 5.91 Å². The van der Waals surface area contributed by atoms with E-state index in [4.69, 9.17) is 5.73 Å². The predicted molar refractivity (Wildman–Crippen MR) is 76.5 cm³/mol. The van der Waals surface area contributed by atoms with Crippen molar-refractivity contribution in [1.82, 2.24) is 9.88 Å². The zero-order valence-corrected chi connectivity index (χ0v) is 11.7. The van der Waals surface area contributed by atoms with Crippen molar-refractivity contribution in [1.29, 1.82) is 0 Å². The number of hydrogen-bond donors (Lipinski definition) is 1. The number of primary amides is 1. The van der Waals surface area contributed by atoms with E-state index in [1.54, 1.807) is 12.3 Å². The van der Waals surface area contributed by atoms with Crippen molar-refractivity contribution in [3.8, 4) is 0 Å². The SMILES string of the molecule is CCCN1CCCN(c2ccncc2C(N)=O)CC1=O. The molecule has 0 spiro atoms. The minimum atomic E-state index is -0.518. The Balaban J connectivity index is 2.22. The maximum absolute atomic E-state index is 12.2. The van der Waals surface area contributed by atoms with Crippen LogP contribution in [0.25, 0.3) is 0 Å². The van der Waals surface area contributed by atoms with Crippen LogP contribution in [0.1, 0.15) is 30.1 Å². The van der Waals surface area contributed by atoms with Gasteiger partial charge < -0.3 is 15.5 Å². The van der Waals surface area contributed by atoms with Gasteiger partial charge in [-0.05, 0) is 18.9 Å². The van der Waals surface area contributed by atoms with Crippen molar-refractivity contribution < 1.29 is 9.59 Å². The topological polar surface area (TPSA) is 79.5 Å². The number of carbonyl (C=O) groups is 2. The van der Waals surface area contributed by atoms with Gasteiger partial charge in [0, 0.05) is 32.0 Å². The van der Waals surface area contributed by atoms with Crippen LogP contribution in [0.2, 0.25) is 0 Å². The monoisotopic (exact) mass is 276 g/mol. The molecule has 6 heteroatoms. The van der Waals surface area contributed by atoms with Crippen LogP contribution in [0.5, 0.6) is 0 Å². The van der Waals surface area contributed by atoms with E-state index in [0.717, 1.165) is 32.5 Å². The van der Waals surface area contributed by atoms with E-state index in [-0.39, 0.29) is 12.5 Å². The van der Waals surface area contributed by atoms with E-state index in [0.29, 0.717) is 11.3 Å². The quantitative estimate of drug-likeness (QED) is 0.874. The smallest absolute Gasteiger partial charge is 0.252 e. The number of amides is 2. The predicted octanol–water partition coefficient (Wildman–Crippen LogP) is 0.629. The molecule has 0 unspecified atom stereocenters. The fraction of sp³-hybridized carbons (Fsp3) is 0.500. The summed E-state index contributed by atoms with van der Waals surface area (Å²) in [4.78, 5) is 31.4. The van der Waals surface area contributed by atoms with Gasteiger partial charge in [0.1, 0.15) is 0 Å². The molecule has 0 atom stereocenters. The molecule has 0 saturated carbocycles. The summed E-state index contributed by atoms with van der Waals surface area (Å²) in [6.45, 7) is 4.62. The number of rotatable bonds is 4. The lowest BCUT2D eigenvalue weighted by Gasteiger charge is -2.24. The molecule has 1 aliphatic rings. The van der Waals surface area contributed by atoms with Crippen LogP contribution < -0.4 is 10.6 Å². The van der Waals surface area contributed by atoms with Gasteiger partial charge in [-0.1, -0.05) is 6.92 Å². The number of pyridine rings is 1. The molecule has 1 aliphatic heterocycles. The van der Waals surface area contributed by atoms with Crippen molar-refractivity contribution in [3.63, 3.8) is 0 Å². The van der Waals surface area contributed by atoms with Crippen LogP contribution in [0.3, 0.4) is 0 Å². The summed E-state index contributed by atoms with van der Waals surface area (Å²) in [6.07, 6.45) is 4.90. The molecule has 6 nitrogen and oxygen atoms in total. The Bertz CT molecular complexity index is 504. The van der Waals surface area contributed by atoms with Crippen LogP contribution in [-0.2, 0) is 4.79 Å². The highest BCUT2D eigenvalue weighted by atomic mass is 16.2. The number of nitrogens with zero attached hydrogens (tertiary/aromatic N) is 3. The summed E-state index contributed by atoms with van der Waals surface area (Å²) >= 11 is 0. The minimum Gasteiger partial charge on any atom is -0.365 e. The second-order valence-electron chi connectivity index (χ2n) is 4.91. The Morgan fingerprint density at radius 3 is 2.95 bits per heavy atom. The van der Waals surface area contributed by atoms with Gasteiger partial charge >= 0.3 is 0 Å². The first-order chi connectivity index (χ1) is 9.63. The molecule has 0 aromatic carbocycles. The number of anilines is 1. The van der Waals surface area contributed by atoms with Crippen molar-refractivity contribution >= 4 is 17.5 Å². The molecule has 1 aromatic heterocycles. The van der Waals surface area contributed by atoms with E-state index in [1.165, 1.54) is 6.20 Å². The minimum absolute atomic E-state index is 0.0941.